The van der Waals surface area contributed by atoms with Gasteiger partial charge in [0.1, 0.15) is 17.2 Å². The molecule has 0 saturated carbocycles. The monoisotopic (exact) mass is 346 g/mol. The second-order valence-corrected chi connectivity index (χ2v) is 4.77. The molecule has 2 aromatic rings. The molecule has 6 heteroatoms. The van der Waals surface area contributed by atoms with Crippen molar-refractivity contribution in [1.29, 1.82) is 0 Å². The lowest BCUT2D eigenvalue weighted by atomic mass is 10.2. The third-order valence-corrected chi connectivity index (χ3v) is 3.17. The Kier molecular flexibility index (Phi) is 4.23. The van der Waals surface area contributed by atoms with Crippen LogP contribution in [-0.4, -0.2) is 7.11 Å². The average Bonchev–Trinajstić information content (AvgIpc) is 2.41. The highest BCUT2D eigenvalue weighted by Crippen LogP contribution is 2.36. The summed E-state index contributed by atoms with van der Waals surface area (Å²) in [5, 5.41) is 0. The molecular weight excluding hydrogens is 337 g/mol. The normalized spacial score (nSPS) is 11.2. The Morgan fingerprint density at radius 1 is 0.950 bits per heavy atom. The molecule has 2 aromatic carbocycles. The van der Waals surface area contributed by atoms with Crippen LogP contribution in [0.15, 0.2) is 46.9 Å². The highest BCUT2D eigenvalue weighted by molar-refractivity contribution is 9.10. The summed E-state index contributed by atoms with van der Waals surface area (Å²) in [5.74, 6) is 1.48. The van der Waals surface area contributed by atoms with Crippen molar-refractivity contribution in [2.24, 2.45) is 0 Å². The molecule has 0 saturated heterocycles. The summed E-state index contributed by atoms with van der Waals surface area (Å²) >= 11 is 3.08. The Hall–Kier alpha value is -1.69. The molecule has 0 atom stereocenters. The third-order valence-electron chi connectivity index (χ3n) is 2.55. The van der Waals surface area contributed by atoms with E-state index in [2.05, 4.69) is 15.9 Å². The van der Waals surface area contributed by atoms with E-state index in [1.807, 2.05) is 0 Å². The van der Waals surface area contributed by atoms with Gasteiger partial charge in [0.2, 0.25) is 0 Å². The van der Waals surface area contributed by atoms with Crippen LogP contribution in [0.4, 0.5) is 13.2 Å². The van der Waals surface area contributed by atoms with Crippen LogP contribution >= 0.6 is 15.9 Å². The van der Waals surface area contributed by atoms with Crippen molar-refractivity contribution in [2.75, 3.05) is 7.11 Å². The van der Waals surface area contributed by atoms with Gasteiger partial charge in [0.25, 0.3) is 0 Å². The molecule has 2 nitrogen and oxygen atoms in total. The fourth-order valence-electron chi connectivity index (χ4n) is 1.53. The van der Waals surface area contributed by atoms with Crippen LogP contribution in [0.2, 0.25) is 0 Å². The van der Waals surface area contributed by atoms with E-state index in [9.17, 15) is 13.2 Å². The van der Waals surface area contributed by atoms with Crippen LogP contribution in [-0.2, 0) is 6.18 Å². The van der Waals surface area contributed by atoms with E-state index in [4.69, 9.17) is 9.47 Å². The van der Waals surface area contributed by atoms with Crippen molar-refractivity contribution >= 4 is 15.9 Å². The van der Waals surface area contributed by atoms with Crippen molar-refractivity contribution in [1.82, 2.24) is 0 Å². The molecule has 0 N–H and O–H groups in total. The van der Waals surface area contributed by atoms with Gasteiger partial charge in [-0.3, -0.25) is 0 Å². The number of hydrogen-bond donors (Lipinski definition) is 0. The van der Waals surface area contributed by atoms with E-state index in [0.717, 1.165) is 12.1 Å². The number of alkyl halides is 3. The minimum atomic E-state index is -4.37. The zero-order valence-electron chi connectivity index (χ0n) is 10.4. The topological polar surface area (TPSA) is 18.5 Å². The van der Waals surface area contributed by atoms with Crippen molar-refractivity contribution in [3.8, 4) is 17.2 Å². The summed E-state index contributed by atoms with van der Waals surface area (Å²) in [5.41, 5.74) is -0.730. The molecule has 0 spiro atoms. The lowest BCUT2D eigenvalue weighted by Gasteiger charge is -2.11. The first-order valence-corrected chi connectivity index (χ1v) is 6.38. The van der Waals surface area contributed by atoms with E-state index < -0.39 is 11.7 Å². The summed E-state index contributed by atoms with van der Waals surface area (Å²) in [6, 6.07) is 9.98. The molecule has 0 amide bonds. The number of benzene rings is 2. The van der Waals surface area contributed by atoms with Crippen molar-refractivity contribution < 1.29 is 22.6 Å². The lowest BCUT2D eigenvalue weighted by molar-refractivity contribution is -0.137. The van der Waals surface area contributed by atoms with Gasteiger partial charge in [-0.2, -0.15) is 13.2 Å². The van der Waals surface area contributed by atoms with Crippen molar-refractivity contribution in [3.05, 3.63) is 52.5 Å². The van der Waals surface area contributed by atoms with Crippen LogP contribution in [0, 0.1) is 0 Å². The maximum absolute atomic E-state index is 12.5. The van der Waals surface area contributed by atoms with Gasteiger partial charge >= 0.3 is 6.18 Å². The standard InChI is InChI=1S/C14H10BrF3O2/c1-19-10-3-5-11(6-4-10)20-13-7-2-9(8-12(13)15)14(16,17)18/h2-8H,1H3. The van der Waals surface area contributed by atoms with E-state index in [1.165, 1.54) is 6.07 Å². The first-order chi connectivity index (χ1) is 9.40. The van der Waals surface area contributed by atoms with Gasteiger partial charge < -0.3 is 9.47 Å². The van der Waals surface area contributed by atoms with Crippen LogP contribution in [0.5, 0.6) is 17.2 Å². The van der Waals surface area contributed by atoms with Crippen LogP contribution in [0.25, 0.3) is 0 Å². The molecule has 0 bridgehead atoms. The maximum Gasteiger partial charge on any atom is 0.416 e. The third kappa shape index (κ3) is 3.45. The first kappa shape index (κ1) is 14.7. The predicted molar refractivity (Wildman–Crippen MR) is 72.2 cm³/mol. The van der Waals surface area contributed by atoms with Crippen molar-refractivity contribution in [3.63, 3.8) is 0 Å². The van der Waals surface area contributed by atoms with Crippen LogP contribution < -0.4 is 9.47 Å². The fraction of sp³-hybridized carbons (Fsp3) is 0.143. The molecular formula is C14H10BrF3O2. The van der Waals surface area contributed by atoms with Crippen molar-refractivity contribution in [2.45, 2.75) is 6.18 Å². The van der Waals surface area contributed by atoms with Gasteiger partial charge in [-0.25, -0.2) is 0 Å². The van der Waals surface area contributed by atoms with E-state index in [-0.39, 0.29) is 4.47 Å². The number of rotatable bonds is 3. The summed E-state index contributed by atoms with van der Waals surface area (Å²) < 4.78 is 48.4. The lowest BCUT2D eigenvalue weighted by Crippen LogP contribution is -2.04. The SMILES string of the molecule is COc1ccc(Oc2ccc(C(F)(F)F)cc2Br)cc1. The predicted octanol–water partition coefficient (Wildman–Crippen LogP) is 5.27. The Balaban J connectivity index is 2.21. The maximum atomic E-state index is 12.5. The number of halogens is 4. The second-order valence-electron chi connectivity index (χ2n) is 3.92. The Bertz CT molecular complexity index is 594. The van der Waals surface area contributed by atoms with Gasteiger partial charge in [-0.15, -0.1) is 0 Å². The van der Waals surface area contributed by atoms with Gasteiger partial charge in [-0.1, -0.05) is 0 Å². The number of hydrogen-bond acceptors (Lipinski definition) is 2. The fourth-order valence-corrected chi connectivity index (χ4v) is 1.99. The largest absolute Gasteiger partial charge is 0.497 e. The van der Waals surface area contributed by atoms with E-state index in [0.29, 0.717) is 17.2 Å². The highest BCUT2D eigenvalue weighted by atomic mass is 79.9. The minimum Gasteiger partial charge on any atom is -0.497 e. The number of ether oxygens (including phenoxy) is 2. The molecule has 0 fully saturated rings. The second kappa shape index (κ2) is 5.75. The van der Waals surface area contributed by atoms with Gasteiger partial charge in [0, 0.05) is 0 Å². The highest BCUT2D eigenvalue weighted by Gasteiger charge is 2.30. The van der Waals surface area contributed by atoms with Gasteiger partial charge in [0.05, 0.1) is 17.1 Å². The van der Waals surface area contributed by atoms with Gasteiger partial charge in [-0.05, 0) is 58.4 Å². The zero-order valence-corrected chi connectivity index (χ0v) is 12.0. The van der Waals surface area contributed by atoms with Crippen LogP contribution in [0.1, 0.15) is 5.56 Å². The summed E-state index contributed by atoms with van der Waals surface area (Å²) in [6.07, 6.45) is -4.37. The quantitative estimate of drug-likeness (QED) is 0.753. The Labute approximate surface area is 122 Å². The molecule has 0 aliphatic heterocycles. The van der Waals surface area contributed by atoms with E-state index >= 15 is 0 Å². The summed E-state index contributed by atoms with van der Waals surface area (Å²) in [4.78, 5) is 0. The summed E-state index contributed by atoms with van der Waals surface area (Å²) in [7, 11) is 1.54. The summed E-state index contributed by atoms with van der Waals surface area (Å²) in [6.45, 7) is 0. The molecule has 106 valence electrons. The zero-order chi connectivity index (χ0) is 14.8. The van der Waals surface area contributed by atoms with E-state index in [1.54, 1.807) is 31.4 Å². The molecule has 2 rings (SSSR count). The molecule has 0 radical (unpaired) electrons. The molecule has 0 unspecified atom stereocenters. The van der Waals surface area contributed by atoms with Crippen LogP contribution in [0.3, 0.4) is 0 Å². The van der Waals surface area contributed by atoms with Gasteiger partial charge in [0.15, 0.2) is 0 Å². The average molecular weight is 347 g/mol. The smallest absolute Gasteiger partial charge is 0.416 e. The first-order valence-electron chi connectivity index (χ1n) is 5.59. The molecule has 20 heavy (non-hydrogen) atoms. The number of methoxy groups -OCH3 is 1. The molecule has 0 aromatic heterocycles. The Morgan fingerprint density at radius 2 is 1.55 bits per heavy atom. The molecule has 0 aliphatic carbocycles. The minimum absolute atomic E-state index is 0.239. The Morgan fingerprint density at radius 3 is 2.05 bits per heavy atom. The molecule has 0 heterocycles. The molecule has 0 aliphatic rings.